The largest absolute Gasteiger partial charge is 0.497 e. The molecule has 0 aliphatic carbocycles. The molecule has 0 heterocycles. The highest BCUT2D eigenvalue weighted by molar-refractivity contribution is 5.93. The van der Waals surface area contributed by atoms with Crippen molar-refractivity contribution in [1.29, 1.82) is 0 Å². The molecule has 1 amide bonds. The molecule has 156 valence electrons. The van der Waals surface area contributed by atoms with Crippen molar-refractivity contribution in [2.24, 2.45) is 4.99 Å². The van der Waals surface area contributed by atoms with E-state index in [1.54, 1.807) is 26.1 Å². The van der Waals surface area contributed by atoms with Crippen molar-refractivity contribution in [3.05, 3.63) is 59.7 Å². The Morgan fingerprint density at radius 1 is 1.00 bits per heavy atom. The summed E-state index contributed by atoms with van der Waals surface area (Å²) in [6, 6.07) is 15.0. The van der Waals surface area contributed by atoms with Gasteiger partial charge in [-0.1, -0.05) is 12.1 Å². The molecule has 2 rings (SSSR count). The number of hydrogen-bond acceptors (Lipinski definition) is 4. The number of nitrogens with zero attached hydrogens (tertiary/aromatic N) is 2. The summed E-state index contributed by atoms with van der Waals surface area (Å²) in [5.74, 6) is 2.31. The van der Waals surface area contributed by atoms with Crippen LogP contribution in [0.4, 0.5) is 0 Å². The molecule has 0 fully saturated rings. The average Bonchev–Trinajstić information content (AvgIpc) is 2.75. The molecule has 2 aromatic rings. The van der Waals surface area contributed by atoms with Gasteiger partial charge in [0.15, 0.2) is 5.96 Å². The Morgan fingerprint density at radius 3 is 2.24 bits per heavy atom. The van der Waals surface area contributed by atoms with E-state index in [0.29, 0.717) is 25.3 Å². The first-order chi connectivity index (χ1) is 14.0. The molecule has 0 bridgehead atoms. The van der Waals surface area contributed by atoms with Crippen molar-refractivity contribution >= 4 is 11.9 Å². The van der Waals surface area contributed by atoms with Gasteiger partial charge in [-0.2, -0.15) is 0 Å². The van der Waals surface area contributed by atoms with Crippen molar-refractivity contribution in [3.8, 4) is 11.5 Å². The van der Waals surface area contributed by atoms with Gasteiger partial charge in [0.2, 0.25) is 0 Å². The minimum atomic E-state index is -0.00748. The molecule has 2 N–H and O–H groups in total. The van der Waals surface area contributed by atoms with Crippen LogP contribution in [-0.2, 0) is 6.54 Å². The molecule has 0 atom stereocenters. The van der Waals surface area contributed by atoms with Crippen molar-refractivity contribution < 1.29 is 14.3 Å². The number of benzene rings is 2. The van der Waals surface area contributed by atoms with Crippen LogP contribution in [0.25, 0.3) is 0 Å². The van der Waals surface area contributed by atoms with E-state index in [9.17, 15) is 4.79 Å². The zero-order valence-electron chi connectivity index (χ0n) is 17.6. The van der Waals surface area contributed by atoms with Crippen molar-refractivity contribution in [2.45, 2.75) is 13.5 Å². The molecular formula is C22H30N4O3. The summed E-state index contributed by atoms with van der Waals surface area (Å²) in [5, 5.41) is 6.47. The van der Waals surface area contributed by atoms with E-state index in [1.807, 2.05) is 55.5 Å². The van der Waals surface area contributed by atoms with E-state index >= 15 is 0 Å². The first-order valence-corrected chi connectivity index (χ1v) is 9.63. The first-order valence-electron chi connectivity index (χ1n) is 9.63. The molecule has 0 aromatic heterocycles. The van der Waals surface area contributed by atoms with Gasteiger partial charge < -0.3 is 25.0 Å². The normalized spacial score (nSPS) is 11.0. The summed E-state index contributed by atoms with van der Waals surface area (Å²) in [5.41, 5.74) is 1.70. The fraction of sp³-hybridized carbons (Fsp3) is 0.364. The topological polar surface area (TPSA) is 75.2 Å². The Labute approximate surface area is 172 Å². The van der Waals surface area contributed by atoms with Gasteiger partial charge in [-0.15, -0.1) is 0 Å². The number of methoxy groups -OCH3 is 1. The highest BCUT2D eigenvalue weighted by atomic mass is 16.5. The fourth-order valence-corrected chi connectivity index (χ4v) is 2.53. The van der Waals surface area contributed by atoms with Crippen LogP contribution in [0.2, 0.25) is 0 Å². The zero-order chi connectivity index (χ0) is 21.1. The zero-order valence-corrected chi connectivity index (χ0v) is 17.6. The van der Waals surface area contributed by atoms with Crippen molar-refractivity contribution in [1.82, 2.24) is 15.5 Å². The van der Waals surface area contributed by atoms with E-state index in [4.69, 9.17) is 9.47 Å². The van der Waals surface area contributed by atoms with E-state index < -0.39 is 0 Å². The Morgan fingerprint density at radius 2 is 1.66 bits per heavy atom. The maximum atomic E-state index is 11.9. The van der Waals surface area contributed by atoms with Gasteiger partial charge >= 0.3 is 0 Å². The number of ether oxygens (including phenoxy) is 2. The number of amides is 1. The third kappa shape index (κ3) is 7.37. The van der Waals surface area contributed by atoms with Crippen LogP contribution in [0.5, 0.6) is 11.5 Å². The van der Waals surface area contributed by atoms with Crippen LogP contribution < -0.4 is 20.1 Å². The minimum absolute atomic E-state index is 0.00748. The van der Waals surface area contributed by atoms with Gasteiger partial charge in [-0.3, -0.25) is 4.79 Å². The molecule has 0 unspecified atom stereocenters. The molecule has 0 spiro atoms. The number of carbonyl (C=O) groups is 1. The minimum Gasteiger partial charge on any atom is -0.497 e. The second-order valence-corrected chi connectivity index (χ2v) is 6.54. The Balaban J connectivity index is 1.83. The van der Waals surface area contributed by atoms with Crippen LogP contribution in [0.1, 0.15) is 22.8 Å². The lowest BCUT2D eigenvalue weighted by Crippen LogP contribution is -2.39. The van der Waals surface area contributed by atoms with E-state index in [1.165, 1.54) is 0 Å². The quantitative estimate of drug-likeness (QED) is 0.386. The van der Waals surface area contributed by atoms with Gasteiger partial charge in [0.1, 0.15) is 18.1 Å². The third-order valence-corrected chi connectivity index (χ3v) is 4.09. The average molecular weight is 399 g/mol. The molecule has 7 heteroatoms. The molecule has 29 heavy (non-hydrogen) atoms. The van der Waals surface area contributed by atoms with Crippen LogP contribution in [0.15, 0.2) is 53.5 Å². The standard InChI is InChI=1S/C22H30N4O3/c1-5-23-22(24-14-15-29-20-12-10-19(28-4)11-13-20)25-16-17-6-8-18(9-7-17)21(27)26(2)3/h6-13H,5,14-16H2,1-4H3,(H2,23,24,25). The lowest BCUT2D eigenvalue weighted by molar-refractivity contribution is 0.0827. The first kappa shape index (κ1) is 22.1. The summed E-state index contributed by atoms with van der Waals surface area (Å²) in [6.45, 7) is 4.44. The second kappa shape index (κ2) is 11.6. The molecular weight excluding hydrogens is 368 g/mol. The number of nitrogens with one attached hydrogen (secondary N) is 2. The predicted octanol–water partition coefficient (Wildman–Crippen LogP) is 2.53. The lowest BCUT2D eigenvalue weighted by atomic mass is 10.1. The molecule has 0 saturated heterocycles. The van der Waals surface area contributed by atoms with E-state index in [0.717, 1.165) is 29.6 Å². The van der Waals surface area contributed by atoms with Crippen LogP contribution in [0.3, 0.4) is 0 Å². The Kier molecular flexibility index (Phi) is 8.82. The molecule has 0 radical (unpaired) electrons. The number of rotatable bonds is 9. The molecule has 0 aliphatic rings. The third-order valence-electron chi connectivity index (χ3n) is 4.09. The molecule has 2 aromatic carbocycles. The van der Waals surface area contributed by atoms with Crippen molar-refractivity contribution in [3.63, 3.8) is 0 Å². The summed E-state index contributed by atoms with van der Waals surface area (Å²) >= 11 is 0. The lowest BCUT2D eigenvalue weighted by Gasteiger charge is -2.13. The molecule has 7 nitrogen and oxygen atoms in total. The van der Waals surface area contributed by atoms with Gasteiger partial charge in [0, 0.05) is 26.2 Å². The Bertz CT molecular complexity index is 787. The smallest absolute Gasteiger partial charge is 0.253 e. The van der Waals surface area contributed by atoms with Gasteiger partial charge in [-0.05, 0) is 48.9 Å². The maximum Gasteiger partial charge on any atom is 0.253 e. The second-order valence-electron chi connectivity index (χ2n) is 6.54. The summed E-state index contributed by atoms with van der Waals surface area (Å²) in [6.07, 6.45) is 0. The number of aliphatic imine (C=N–C) groups is 1. The van der Waals surface area contributed by atoms with Crippen LogP contribution >= 0.6 is 0 Å². The molecule has 0 aliphatic heterocycles. The van der Waals surface area contributed by atoms with E-state index in [2.05, 4.69) is 15.6 Å². The summed E-state index contributed by atoms with van der Waals surface area (Å²) in [4.78, 5) is 18.1. The molecule has 0 saturated carbocycles. The number of carbonyl (C=O) groups excluding carboxylic acids is 1. The van der Waals surface area contributed by atoms with E-state index in [-0.39, 0.29) is 5.91 Å². The maximum absolute atomic E-state index is 11.9. The fourth-order valence-electron chi connectivity index (χ4n) is 2.53. The number of guanidine groups is 1. The number of hydrogen-bond donors (Lipinski definition) is 2. The van der Waals surface area contributed by atoms with Gasteiger partial charge in [-0.25, -0.2) is 4.99 Å². The highest BCUT2D eigenvalue weighted by Crippen LogP contribution is 2.16. The van der Waals surface area contributed by atoms with Gasteiger partial charge in [0.25, 0.3) is 5.91 Å². The summed E-state index contributed by atoms with van der Waals surface area (Å²) < 4.78 is 10.8. The summed E-state index contributed by atoms with van der Waals surface area (Å²) in [7, 11) is 5.12. The Hall–Kier alpha value is -3.22. The monoisotopic (exact) mass is 398 g/mol. The van der Waals surface area contributed by atoms with Crippen LogP contribution in [-0.4, -0.2) is 57.7 Å². The predicted molar refractivity (Wildman–Crippen MR) is 116 cm³/mol. The van der Waals surface area contributed by atoms with Crippen molar-refractivity contribution in [2.75, 3.05) is 40.9 Å². The van der Waals surface area contributed by atoms with Crippen LogP contribution in [0, 0.1) is 0 Å². The highest BCUT2D eigenvalue weighted by Gasteiger charge is 2.07. The van der Waals surface area contributed by atoms with Gasteiger partial charge in [0.05, 0.1) is 20.2 Å². The SMILES string of the molecule is CCNC(=NCc1ccc(C(=O)N(C)C)cc1)NCCOc1ccc(OC)cc1.